The lowest BCUT2D eigenvalue weighted by atomic mass is 10.2. The van der Waals surface area contributed by atoms with Gasteiger partial charge in [-0.2, -0.15) is 0 Å². The normalized spacial score (nSPS) is 14.7. The van der Waals surface area contributed by atoms with Crippen LogP contribution in [0.1, 0.15) is 13.3 Å². The largest absolute Gasteiger partial charge is 0.481 e. The number of carboxylic acids is 2. The Bertz CT molecular complexity index is 333. The van der Waals surface area contributed by atoms with Crippen molar-refractivity contribution >= 4 is 17.9 Å². The van der Waals surface area contributed by atoms with Crippen LogP contribution in [-0.4, -0.2) is 66.4 Å². The summed E-state index contributed by atoms with van der Waals surface area (Å²) in [6.07, 6.45) is -1.18. The highest BCUT2D eigenvalue weighted by atomic mass is 16.5. The highest BCUT2D eigenvalue weighted by Gasteiger charge is 2.29. The Labute approximate surface area is 106 Å². The van der Waals surface area contributed by atoms with E-state index in [-0.39, 0.29) is 6.42 Å². The molecule has 104 valence electrons. The van der Waals surface area contributed by atoms with Crippen molar-refractivity contribution in [1.29, 1.82) is 0 Å². The maximum absolute atomic E-state index is 11.5. The average molecular weight is 262 g/mol. The molecule has 0 radical (unpaired) electrons. The zero-order valence-electron chi connectivity index (χ0n) is 11.0. The molecule has 0 aliphatic heterocycles. The maximum Gasteiger partial charge on any atom is 0.320 e. The first kappa shape index (κ1) is 16.4. The molecule has 0 amide bonds. The number of carboxylic acid groups (broad SMARTS) is 2. The molecule has 0 unspecified atom stereocenters. The van der Waals surface area contributed by atoms with Crippen LogP contribution in [0.5, 0.6) is 0 Å². The van der Waals surface area contributed by atoms with E-state index < -0.39 is 29.9 Å². The first-order chi connectivity index (χ1) is 8.03. The van der Waals surface area contributed by atoms with Gasteiger partial charge in [-0.25, -0.2) is 0 Å². The molecule has 2 N–H and O–H groups in total. The Morgan fingerprint density at radius 1 is 1.17 bits per heavy atom. The van der Waals surface area contributed by atoms with Crippen molar-refractivity contribution in [3.05, 3.63) is 0 Å². The van der Waals surface area contributed by atoms with E-state index in [1.54, 1.807) is 0 Å². The molecule has 0 aromatic carbocycles. The molecule has 0 heterocycles. The van der Waals surface area contributed by atoms with E-state index >= 15 is 0 Å². The number of hydrogen-bond donors (Lipinski definition) is 2. The molecule has 0 saturated heterocycles. The first-order valence-electron chi connectivity index (χ1n) is 5.48. The van der Waals surface area contributed by atoms with Crippen molar-refractivity contribution in [3.8, 4) is 0 Å². The minimum Gasteiger partial charge on any atom is -0.481 e. The van der Waals surface area contributed by atoms with E-state index in [9.17, 15) is 14.4 Å². The third-order valence-electron chi connectivity index (χ3n) is 2.16. The topological polar surface area (TPSA) is 101 Å². The minimum absolute atomic E-state index is 0.296. The number of esters is 1. The fourth-order valence-electron chi connectivity index (χ4n) is 1.32. The van der Waals surface area contributed by atoms with E-state index in [0.29, 0.717) is 11.0 Å². The molecular formula is C11H20NO6+. The quantitative estimate of drug-likeness (QED) is 0.374. The van der Waals surface area contributed by atoms with Crippen LogP contribution in [0, 0.1) is 5.92 Å². The minimum atomic E-state index is -1.30. The van der Waals surface area contributed by atoms with Gasteiger partial charge in [-0.15, -0.1) is 0 Å². The lowest BCUT2D eigenvalue weighted by Gasteiger charge is -2.28. The molecule has 0 aromatic rings. The van der Waals surface area contributed by atoms with Crippen LogP contribution < -0.4 is 0 Å². The average Bonchev–Trinajstić information content (AvgIpc) is 2.11. The van der Waals surface area contributed by atoms with Gasteiger partial charge in [0.15, 0.2) is 12.0 Å². The van der Waals surface area contributed by atoms with Gasteiger partial charge in [-0.05, 0) is 6.92 Å². The van der Waals surface area contributed by atoms with Gasteiger partial charge in [0.2, 0.25) is 0 Å². The molecule has 0 aromatic heterocycles. The van der Waals surface area contributed by atoms with Crippen LogP contribution in [0.2, 0.25) is 0 Å². The van der Waals surface area contributed by atoms with Crippen molar-refractivity contribution in [2.45, 2.75) is 19.4 Å². The number of quaternary nitrogens is 1. The Kier molecular flexibility index (Phi) is 5.77. The van der Waals surface area contributed by atoms with Crippen LogP contribution in [0.3, 0.4) is 0 Å². The molecule has 0 saturated carbocycles. The van der Waals surface area contributed by atoms with Gasteiger partial charge in [-0.3, -0.25) is 14.4 Å². The van der Waals surface area contributed by atoms with E-state index in [2.05, 4.69) is 0 Å². The molecule has 0 rings (SSSR count). The molecular weight excluding hydrogens is 242 g/mol. The third kappa shape index (κ3) is 6.85. The summed E-state index contributed by atoms with van der Waals surface area (Å²) >= 11 is 0. The number of carbonyl (C=O) groups is 3. The zero-order chi connectivity index (χ0) is 14.5. The summed E-state index contributed by atoms with van der Waals surface area (Å²) in [4.78, 5) is 32.7. The van der Waals surface area contributed by atoms with Crippen molar-refractivity contribution in [1.82, 2.24) is 0 Å². The lowest BCUT2D eigenvalue weighted by Crippen LogP contribution is -2.44. The van der Waals surface area contributed by atoms with Gasteiger partial charge in [0.05, 0.1) is 27.6 Å². The van der Waals surface area contributed by atoms with Gasteiger partial charge in [-0.1, -0.05) is 0 Å². The maximum atomic E-state index is 11.5. The number of rotatable bonds is 7. The van der Waals surface area contributed by atoms with Crippen molar-refractivity contribution in [2.75, 3.05) is 27.7 Å². The second-order valence-corrected chi connectivity index (χ2v) is 5.19. The highest BCUT2D eigenvalue weighted by Crippen LogP contribution is 2.09. The number of hydrogen-bond acceptors (Lipinski definition) is 4. The summed E-state index contributed by atoms with van der Waals surface area (Å²) in [6, 6.07) is 0. The zero-order valence-corrected chi connectivity index (χ0v) is 11.0. The monoisotopic (exact) mass is 262 g/mol. The Balaban J connectivity index is 4.63. The summed E-state index contributed by atoms with van der Waals surface area (Å²) in [5.74, 6) is -4.60. The smallest absolute Gasteiger partial charge is 0.320 e. The van der Waals surface area contributed by atoms with Crippen molar-refractivity contribution in [3.63, 3.8) is 0 Å². The van der Waals surface area contributed by atoms with E-state index in [1.165, 1.54) is 6.92 Å². The van der Waals surface area contributed by atoms with Crippen LogP contribution in [0.25, 0.3) is 0 Å². The van der Waals surface area contributed by atoms with Gasteiger partial charge in [0, 0.05) is 0 Å². The highest BCUT2D eigenvalue weighted by molar-refractivity contribution is 5.93. The molecule has 7 nitrogen and oxygen atoms in total. The molecule has 0 bridgehead atoms. The van der Waals surface area contributed by atoms with Crippen molar-refractivity contribution < 1.29 is 33.8 Å². The molecule has 18 heavy (non-hydrogen) atoms. The van der Waals surface area contributed by atoms with Gasteiger partial charge >= 0.3 is 17.9 Å². The Morgan fingerprint density at radius 2 is 1.67 bits per heavy atom. The summed E-state index contributed by atoms with van der Waals surface area (Å²) in [5.41, 5.74) is 0. The molecule has 0 aliphatic rings. The van der Waals surface area contributed by atoms with Gasteiger partial charge in [0.25, 0.3) is 0 Å². The Hall–Kier alpha value is -1.63. The standard InChI is InChI=1S/C11H19NO6/c1-7(10(15)16)11(17)18-8(5-9(13)14)6-12(2,3)4/h7-8H,5-6H2,1-4H3,(H-,13,14,15,16)/p+1/t7-,8+/m1/s1. The fourth-order valence-corrected chi connectivity index (χ4v) is 1.32. The van der Waals surface area contributed by atoms with E-state index in [4.69, 9.17) is 14.9 Å². The molecule has 0 spiro atoms. The van der Waals surface area contributed by atoms with Crippen LogP contribution in [0.4, 0.5) is 0 Å². The Morgan fingerprint density at radius 3 is 2.00 bits per heavy atom. The van der Waals surface area contributed by atoms with Gasteiger partial charge in [0.1, 0.15) is 6.54 Å². The first-order valence-corrected chi connectivity index (χ1v) is 5.48. The molecule has 0 aliphatic carbocycles. The van der Waals surface area contributed by atoms with Crippen LogP contribution in [-0.2, 0) is 19.1 Å². The second-order valence-electron chi connectivity index (χ2n) is 5.19. The SMILES string of the molecule is C[C@H](C(=O)O)C(=O)O[C@@H](CC(=O)O)C[N+](C)(C)C. The number of aliphatic carboxylic acids is 2. The predicted molar refractivity (Wildman–Crippen MR) is 61.8 cm³/mol. The third-order valence-corrected chi connectivity index (χ3v) is 2.16. The van der Waals surface area contributed by atoms with Crippen LogP contribution in [0.15, 0.2) is 0 Å². The molecule has 2 atom stereocenters. The number of carbonyl (C=O) groups excluding carboxylic acids is 1. The lowest BCUT2D eigenvalue weighted by molar-refractivity contribution is -0.873. The van der Waals surface area contributed by atoms with E-state index in [1.807, 2.05) is 21.1 Å². The summed E-state index contributed by atoms with van der Waals surface area (Å²) in [6.45, 7) is 1.50. The summed E-state index contributed by atoms with van der Waals surface area (Å²) < 4.78 is 5.35. The molecule has 0 fully saturated rings. The van der Waals surface area contributed by atoms with Crippen molar-refractivity contribution in [2.24, 2.45) is 5.92 Å². The number of ether oxygens (including phenoxy) is 1. The predicted octanol–water partition coefficient (Wildman–Crippen LogP) is -0.200. The van der Waals surface area contributed by atoms with E-state index in [0.717, 1.165) is 0 Å². The van der Waals surface area contributed by atoms with Crippen LogP contribution >= 0.6 is 0 Å². The fraction of sp³-hybridized carbons (Fsp3) is 0.727. The second kappa shape index (κ2) is 6.34. The number of likely N-dealkylation sites (N-methyl/N-ethyl adjacent to an activating group) is 1. The summed E-state index contributed by atoms with van der Waals surface area (Å²) in [7, 11) is 5.47. The van der Waals surface area contributed by atoms with Gasteiger partial charge < -0.3 is 19.4 Å². The number of nitrogens with zero attached hydrogens (tertiary/aromatic N) is 1. The summed E-state index contributed by atoms with van der Waals surface area (Å²) in [5, 5.41) is 17.4. The molecule has 7 heteroatoms.